The highest BCUT2D eigenvalue weighted by molar-refractivity contribution is 5.96. The number of fused-ring (bicyclic) bond motifs is 2. The summed E-state index contributed by atoms with van der Waals surface area (Å²) in [6, 6.07) is 0.744. The van der Waals surface area contributed by atoms with Crippen LogP contribution in [0.5, 0.6) is 0 Å². The molecular weight excluding hydrogens is 380 g/mol. The van der Waals surface area contributed by atoms with Gasteiger partial charge in [0.1, 0.15) is 0 Å². The Morgan fingerprint density at radius 2 is 1.37 bits per heavy atom. The van der Waals surface area contributed by atoms with Crippen molar-refractivity contribution < 1.29 is 41.0 Å². The zero-order valence-electron chi connectivity index (χ0n) is 13.4. The van der Waals surface area contributed by atoms with E-state index in [1.165, 1.54) is 0 Å². The van der Waals surface area contributed by atoms with Gasteiger partial charge in [0.25, 0.3) is 0 Å². The van der Waals surface area contributed by atoms with Crippen LogP contribution >= 0.6 is 0 Å². The van der Waals surface area contributed by atoms with Gasteiger partial charge in [0.05, 0.1) is 23.0 Å². The van der Waals surface area contributed by atoms with E-state index in [0.29, 0.717) is 18.6 Å². The Labute approximate surface area is 148 Å². The molecule has 0 spiro atoms. The summed E-state index contributed by atoms with van der Waals surface area (Å²) in [5.74, 6) is -5.05. The Bertz CT molecular complexity index is 782. The number of allylic oxidation sites excluding steroid dienone is 2. The zero-order chi connectivity index (χ0) is 20.1. The third-order valence-corrected chi connectivity index (χ3v) is 4.90. The van der Waals surface area contributed by atoms with Gasteiger partial charge in [0.2, 0.25) is 5.91 Å². The SMILES string of the molecule is O=C(O)C1C(C(=O)Nc2cc(C(F)(F)F)cc(C(F)(F)F)c2)[C@H]2C=C[C@H]1C2. The van der Waals surface area contributed by atoms with Gasteiger partial charge >= 0.3 is 18.3 Å². The molecule has 1 saturated carbocycles. The second-order valence-corrected chi connectivity index (χ2v) is 6.62. The first-order chi connectivity index (χ1) is 12.4. The van der Waals surface area contributed by atoms with Crippen molar-refractivity contribution in [1.82, 2.24) is 0 Å². The molecule has 3 rings (SSSR count). The summed E-state index contributed by atoms with van der Waals surface area (Å²) in [7, 11) is 0. The molecule has 1 fully saturated rings. The molecule has 0 heterocycles. The van der Waals surface area contributed by atoms with Gasteiger partial charge in [0, 0.05) is 5.69 Å². The molecule has 0 radical (unpaired) electrons. The standard InChI is InChI=1S/C17H13F6NO3/c18-16(19,20)9-4-10(17(21,22)23)6-11(5-9)24-14(25)12-7-1-2-8(3-7)13(12)15(26)27/h1-2,4-8,12-13H,3H2,(H,24,25)(H,26,27)/t7-,8-,12?,13?/m0/s1. The van der Waals surface area contributed by atoms with E-state index in [-0.39, 0.29) is 12.0 Å². The molecular formula is C17H13F6NO3. The topological polar surface area (TPSA) is 66.4 Å². The van der Waals surface area contributed by atoms with Gasteiger partial charge in [-0.05, 0) is 36.5 Å². The van der Waals surface area contributed by atoms with Crippen LogP contribution in [0, 0.1) is 23.7 Å². The Morgan fingerprint density at radius 1 is 0.889 bits per heavy atom. The smallest absolute Gasteiger partial charge is 0.416 e. The largest absolute Gasteiger partial charge is 0.481 e. The van der Waals surface area contributed by atoms with E-state index in [9.17, 15) is 41.0 Å². The number of carbonyl (C=O) groups excluding carboxylic acids is 1. The monoisotopic (exact) mass is 393 g/mol. The zero-order valence-corrected chi connectivity index (χ0v) is 13.4. The van der Waals surface area contributed by atoms with Crippen LogP contribution in [0.3, 0.4) is 0 Å². The van der Waals surface area contributed by atoms with Gasteiger partial charge in [0.15, 0.2) is 0 Å². The average molecular weight is 393 g/mol. The Balaban J connectivity index is 1.92. The van der Waals surface area contributed by atoms with Gasteiger partial charge in [-0.3, -0.25) is 9.59 Å². The number of carboxylic acids is 1. The van der Waals surface area contributed by atoms with Crippen molar-refractivity contribution in [3.05, 3.63) is 41.5 Å². The first-order valence-corrected chi connectivity index (χ1v) is 7.89. The molecule has 0 aromatic heterocycles. The fourth-order valence-corrected chi connectivity index (χ4v) is 3.77. The normalized spacial score (nSPS) is 27.0. The van der Waals surface area contributed by atoms with Crippen molar-refractivity contribution in [3.63, 3.8) is 0 Å². The van der Waals surface area contributed by atoms with Crippen molar-refractivity contribution in [3.8, 4) is 0 Å². The molecule has 2 N–H and O–H groups in total. The van der Waals surface area contributed by atoms with Crippen LogP contribution in [0.25, 0.3) is 0 Å². The lowest BCUT2D eigenvalue weighted by atomic mass is 9.82. The minimum atomic E-state index is -5.04. The van der Waals surface area contributed by atoms with Crippen LogP contribution in [-0.4, -0.2) is 17.0 Å². The molecule has 146 valence electrons. The van der Waals surface area contributed by atoms with Gasteiger partial charge in [-0.25, -0.2) is 0 Å². The summed E-state index contributed by atoms with van der Waals surface area (Å²) >= 11 is 0. The number of aliphatic carboxylic acids is 1. The molecule has 1 aromatic rings. The molecule has 2 bridgehead atoms. The number of hydrogen-bond acceptors (Lipinski definition) is 2. The number of nitrogens with one attached hydrogen (secondary N) is 1. The third-order valence-electron chi connectivity index (χ3n) is 4.90. The van der Waals surface area contributed by atoms with Crippen LogP contribution in [0.15, 0.2) is 30.4 Å². The predicted octanol–water partition coefficient (Wildman–Crippen LogP) is 4.19. The third kappa shape index (κ3) is 3.65. The van der Waals surface area contributed by atoms with Gasteiger partial charge in [-0.2, -0.15) is 26.3 Å². The summed E-state index contributed by atoms with van der Waals surface area (Å²) in [5.41, 5.74) is -3.80. The average Bonchev–Trinajstić information content (AvgIpc) is 3.13. The summed E-state index contributed by atoms with van der Waals surface area (Å²) < 4.78 is 77.4. The van der Waals surface area contributed by atoms with Gasteiger partial charge in [-0.15, -0.1) is 0 Å². The Kier molecular flexibility index (Phi) is 4.47. The van der Waals surface area contributed by atoms with Crippen LogP contribution in [0.1, 0.15) is 17.5 Å². The Hall–Kier alpha value is -2.52. The summed E-state index contributed by atoms with van der Waals surface area (Å²) in [5, 5.41) is 11.4. The molecule has 2 aliphatic rings. The molecule has 2 aliphatic carbocycles. The Morgan fingerprint density at radius 3 is 1.81 bits per heavy atom. The van der Waals surface area contributed by atoms with Crippen LogP contribution in [0.2, 0.25) is 0 Å². The van der Waals surface area contributed by atoms with E-state index >= 15 is 0 Å². The number of carbonyl (C=O) groups is 2. The minimum Gasteiger partial charge on any atom is -0.481 e. The van der Waals surface area contributed by atoms with E-state index in [1.807, 2.05) is 5.32 Å². The fourth-order valence-electron chi connectivity index (χ4n) is 3.77. The first-order valence-electron chi connectivity index (χ1n) is 7.89. The summed E-state index contributed by atoms with van der Waals surface area (Å²) in [6.07, 6.45) is -6.36. The van der Waals surface area contributed by atoms with Crippen LogP contribution < -0.4 is 5.32 Å². The van der Waals surface area contributed by atoms with E-state index in [4.69, 9.17) is 0 Å². The molecule has 4 atom stereocenters. The highest BCUT2D eigenvalue weighted by atomic mass is 19.4. The lowest BCUT2D eigenvalue weighted by Crippen LogP contribution is -2.36. The van der Waals surface area contributed by atoms with Crippen molar-refractivity contribution >= 4 is 17.6 Å². The highest BCUT2D eigenvalue weighted by Gasteiger charge is 2.51. The first kappa shape index (κ1) is 19.2. The number of amides is 1. The number of carboxylic acid groups (broad SMARTS) is 1. The molecule has 0 aliphatic heterocycles. The molecule has 27 heavy (non-hydrogen) atoms. The van der Waals surface area contributed by atoms with E-state index < -0.39 is 58.8 Å². The van der Waals surface area contributed by atoms with Gasteiger partial charge in [-0.1, -0.05) is 12.2 Å². The number of benzene rings is 1. The molecule has 2 unspecified atom stereocenters. The van der Waals surface area contributed by atoms with E-state index in [2.05, 4.69) is 0 Å². The molecule has 10 heteroatoms. The number of hydrogen-bond donors (Lipinski definition) is 2. The number of rotatable bonds is 3. The number of alkyl halides is 6. The van der Waals surface area contributed by atoms with Crippen molar-refractivity contribution in [2.45, 2.75) is 18.8 Å². The summed E-state index contributed by atoms with van der Waals surface area (Å²) in [6.45, 7) is 0. The lowest BCUT2D eigenvalue weighted by molar-refractivity contribution is -0.146. The van der Waals surface area contributed by atoms with Crippen molar-refractivity contribution in [2.24, 2.45) is 23.7 Å². The molecule has 0 saturated heterocycles. The second-order valence-electron chi connectivity index (χ2n) is 6.62. The highest BCUT2D eigenvalue weighted by Crippen LogP contribution is 2.48. The van der Waals surface area contributed by atoms with Crippen LogP contribution in [-0.2, 0) is 21.9 Å². The second kappa shape index (κ2) is 6.28. The van der Waals surface area contributed by atoms with Gasteiger partial charge < -0.3 is 10.4 Å². The van der Waals surface area contributed by atoms with Crippen LogP contribution in [0.4, 0.5) is 32.0 Å². The van der Waals surface area contributed by atoms with E-state index in [1.54, 1.807) is 12.2 Å². The maximum absolute atomic E-state index is 12.9. The lowest BCUT2D eigenvalue weighted by Gasteiger charge is -2.24. The summed E-state index contributed by atoms with van der Waals surface area (Å²) in [4.78, 5) is 23.9. The van der Waals surface area contributed by atoms with Crippen molar-refractivity contribution in [2.75, 3.05) is 5.32 Å². The maximum Gasteiger partial charge on any atom is 0.416 e. The quantitative estimate of drug-likeness (QED) is 0.598. The fraction of sp³-hybridized carbons (Fsp3) is 0.412. The van der Waals surface area contributed by atoms with Crippen molar-refractivity contribution in [1.29, 1.82) is 0 Å². The maximum atomic E-state index is 12.9. The number of anilines is 1. The molecule has 4 nitrogen and oxygen atoms in total. The van der Waals surface area contributed by atoms with E-state index in [0.717, 1.165) is 0 Å². The molecule has 1 aromatic carbocycles. The minimum absolute atomic E-state index is 0.0457. The molecule has 1 amide bonds. The predicted molar refractivity (Wildman–Crippen MR) is 80.4 cm³/mol. The number of halogens is 6.